The maximum absolute atomic E-state index is 13.3. The maximum Gasteiger partial charge on any atom is 0.295 e. The lowest BCUT2D eigenvalue weighted by Crippen LogP contribution is -2.40. The smallest absolute Gasteiger partial charge is 0.295 e. The standard InChI is InChI=1S/C27H22N6O3/c1-36-22-16-32-24(21-15-29-9-10-30-21)25-23(22)20(14-31-25)26(34)27(35)33-11-7-18(8-12-33)19(13-28)17-5-3-2-4-6-17/h2-6,9-10,14-16,31H,7-8,11-12H2,1H3. The molecule has 4 heterocycles. The molecule has 0 unspecified atom stereocenters. The highest BCUT2D eigenvalue weighted by atomic mass is 16.5. The summed E-state index contributed by atoms with van der Waals surface area (Å²) in [4.78, 5) is 44.0. The monoisotopic (exact) mass is 478 g/mol. The van der Waals surface area contributed by atoms with Crippen LogP contribution in [0.5, 0.6) is 5.75 Å². The van der Waals surface area contributed by atoms with Gasteiger partial charge >= 0.3 is 0 Å². The van der Waals surface area contributed by atoms with Gasteiger partial charge < -0.3 is 14.6 Å². The fourth-order valence-electron chi connectivity index (χ4n) is 4.51. The average Bonchev–Trinajstić information content (AvgIpc) is 3.39. The maximum atomic E-state index is 13.3. The van der Waals surface area contributed by atoms with Crippen LogP contribution in [0.3, 0.4) is 0 Å². The third kappa shape index (κ3) is 4.09. The Morgan fingerprint density at radius 1 is 1.08 bits per heavy atom. The van der Waals surface area contributed by atoms with Crippen LogP contribution in [0.4, 0.5) is 0 Å². The van der Waals surface area contributed by atoms with Gasteiger partial charge in [0.1, 0.15) is 17.1 Å². The number of Topliss-reactive ketones (excluding diaryl/α,β-unsaturated/α-hetero) is 1. The van der Waals surface area contributed by atoms with Gasteiger partial charge in [0.25, 0.3) is 11.7 Å². The molecule has 0 radical (unpaired) electrons. The molecule has 1 aromatic carbocycles. The van der Waals surface area contributed by atoms with E-state index in [9.17, 15) is 14.9 Å². The predicted molar refractivity (Wildman–Crippen MR) is 133 cm³/mol. The number of ketones is 1. The van der Waals surface area contributed by atoms with Crippen LogP contribution in [0.25, 0.3) is 27.9 Å². The number of carbonyl (C=O) groups excluding carboxylic acids is 2. The summed E-state index contributed by atoms with van der Waals surface area (Å²) in [5.74, 6) is -0.847. The van der Waals surface area contributed by atoms with Crippen molar-refractivity contribution in [2.24, 2.45) is 0 Å². The number of hydrogen-bond acceptors (Lipinski definition) is 7. The molecule has 1 saturated heterocycles. The van der Waals surface area contributed by atoms with Crippen molar-refractivity contribution in [3.63, 3.8) is 0 Å². The number of pyridine rings is 1. The van der Waals surface area contributed by atoms with Gasteiger partial charge in [-0.05, 0) is 24.0 Å². The second-order valence-electron chi connectivity index (χ2n) is 8.30. The van der Waals surface area contributed by atoms with Crippen LogP contribution < -0.4 is 4.74 Å². The Balaban J connectivity index is 1.41. The number of nitriles is 1. The fraction of sp³-hybridized carbons (Fsp3) is 0.185. The summed E-state index contributed by atoms with van der Waals surface area (Å²) < 4.78 is 5.46. The molecule has 1 amide bonds. The van der Waals surface area contributed by atoms with Crippen LogP contribution in [0.2, 0.25) is 0 Å². The van der Waals surface area contributed by atoms with Gasteiger partial charge in [0.2, 0.25) is 0 Å². The van der Waals surface area contributed by atoms with Crippen molar-refractivity contribution in [3.05, 3.63) is 78.0 Å². The number of aromatic amines is 1. The Morgan fingerprint density at radius 2 is 1.86 bits per heavy atom. The van der Waals surface area contributed by atoms with Gasteiger partial charge in [-0.1, -0.05) is 30.3 Å². The normalized spacial score (nSPS) is 13.3. The summed E-state index contributed by atoms with van der Waals surface area (Å²) in [5, 5.41) is 10.2. The van der Waals surface area contributed by atoms with Gasteiger partial charge in [-0.25, -0.2) is 4.98 Å². The average molecular weight is 479 g/mol. The number of fused-ring (bicyclic) bond motifs is 1. The Hall–Kier alpha value is -4.84. The minimum atomic E-state index is -0.633. The summed E-state index contributed by atoms with van der Waals surface area (Å²) in [7, 11) is 1.49. The van der Waals surface area contributed by atoms with Crippen molar-refractivity contribution >= 4 is 28.2 Å². The van der Waals surface area contributed by atoms with E-state index in [2.05, 4.69) is 26.0 Å². The van der Waals surface area contributed by atoms with Crippen molar-refractivity contribution in [1.29, 1.82) is 5.26 Å². The second-order valence-corrected chi connectivity index (χ2v) is 8.30. The van der Waals surface area contributed by atoms with Crippen LogP contribution in [-0.2, 0) is 4.79 Å². The van der Waals surface area contributed by atoms with Gasteiger partial charge in [0.15, 0.2) is 0 Å². The van der Waals surface area contributed by atoms with E-state index in [4.69, 9.17) is 4.74 Å². The first-order chi connectivity index (χ1) is 17.6. The van der Waals surface area contributed by atoms with Crippen molar-refractivity contribution in [3.8, 4) is 23.2 Å². The third-order valence-corrected chi connectivity index (χ3v) is 6.32. The van der Waals surface area contributed by atoms with E-state index in [1.165, 1.54) is 19.5 Å². The highest BCUT2D eigenvalue weighted by Crippen LogP contribution is 2.34. The van der Waals surface area contributed by atoms with E-state index < -0.39 is 11.7 Å². The molecule has 1 fully saturated rings. The first-order valence-electron chi connectivity index (χ1n) is 11.4. The SMILES string of the molecule is COc1cnc(-c2cnccn2)c2[nH]cc(C(=O)C(=O)N3CCC(=C(C#N)c4ccccc4)CC3)c12. The number of nitrogens with one attached hydrogen (secondary N) is 1. The van der Waals surface area contributed by atoms with Gasteiger partial charge in [0, 0.05) is 31.7 Å². The van der Waals surface area contributed by atoms with Crippen molar-refractivity contribution in [2.45, 2.75) is 12.8 Å². The highest BCUT2D eigenvalue weighted by Gasteiger charge is 2.30. The van der Waals surface area contributed by atoms with Crippen molar-refractivity contribution < 1.29 is 14.3 Å². The molecular formula is C27H22N6O3. The molecule has 0 saturated carbocycles. The largest absolute Gasteiger partial charge is 0.494 e. The van der Waals surface area contributed by atoms with Gasteiger partial charge in [-0.2, -0.15) is 5.26 Å². The number of hydrogen-bond donors (Lipinski definition) is 1. The molecular weight excluding hydrogens is 456 g/mol. The molecule has 9 nitrogen and oxygen atoms in total. The zero-order chi connectivity index (χ0) is 25.1. The minimum Gasteiger partial charge on any atom is -0.494 e. The van der Waals surface area contributed by atoms with Gasteiger partial charge in [0.05, 0.1) is 47.6 Å². The van der Waals surface area contributed by atoms with Crippen LogP contribution in [0.15, 0.2) is 66.9 Å². The second kappa shape index (κ2) is 9.80. The van der Waals surface area contributed by atoms with Gasteiger partial charge in [-0.3, -0.25) is 19.6 Å². The Bertz CT molecular complexity index is 1510. The molecule has 4 aromatic rings. The summed E-state index contributed by atoms with van der Waals surface area (Å²) in [6.45, 7) is 0.730. The van der Waals surface area contributed by atoms with Crippen molar-refractivity contribution in [1.82, 2.24) is 24.8 Å². The lowest BCUT2D eigenvalue weighted by molar-refractivity contribution is -0.126. The number of amides is 1. The number of carbonyl (C=O) groups is 2. The predicted octanol–water partition coefficient (Wildman–Crippen LogP) is 3.81. The molecule has 0 aliphatic carbocycles. The molecule has 9 heteroatoms. The van der Waals surface area contributed by atoms with Gasteiger partial charge in [-0.15, -0.1) is 0 Å². The summed E-state index contributed by atoms with van der Waals surface area (Å²) in [6, 6.07) is 11.8. The first kappa shape index (κ1) is 22.9. The molecule has 0 atom stereocenters. The molecule has 178 valence electrons. The number of ether oxygens (including phenoxy) is 1. The van der Waals surface area contributed by atoms with E-state index in [0.29, 0.717) is 59.5 Å². The number of likely N-dealkylation sites (tertiary alicyclic amines) is 1. The summed E-state index contributed by atoms with van der Waals surface area (Å²) >= 11 is 0. The molecule has 0 bridgehead atoms. The van der Waals surface area contributed by atoms with E-state index >= 15 is 0 Å². The third-order valence-electron chi connectivity index (χ3n) is 6.32. The molecule has 1 aliphatic rings. The fourth-order valence-corrected chi connectivity index (χ4v) is 4.51. The minimum absolute atomic E-state index is 0.211. The molecule has 1 aliphatic heterocycles. The number of piperidine rings is 1. The van der Waals surface area contributed by atoms with Crippen LogP contribution in [-0.4, -0.2) is 56.7 Å². The van der Waals surface area contributed by atoms with Crippen molar-refractivity contribution in [2.75, 3.05) is 20.2 Å². The lowest BCUT2D eigenvalue weighted by atomic mass is 9.93. The van der Waals surface area contributed by atoms with Crippen LogP contribution >= 0.6 is 0 Å². The lowest BCUT2D eigenvalue weighted by Gasteiger charge is -2.28. The Kier molecular flexibility index (Phi) is 6.24. The number of nitrogens with zero attached hydrogens (tertiary/aromatic N) is 5. The quantitative estimate of drug-likeness (QED) is 0.263. The summed E-state index contributed by atoms with van der Waals surface area (Å²) in [6.07, 6.45) is 8.78. The number of rotatable bonds is 5. The number of H-pyrrole nitrogens is 1. The molecule has 0 spiro atoms. The van der Waals surface area contributed by atoms with E-state index in [-0.39, 0.29) is 5.56 Å². The van der Waals surface area contributed by atoms with Crippen LogP contribution in [0, 0.1) is 11.3 Å². The van der Waals surface area contributed by atoms with E-state index in [0.717, 1.165) is 11.1 Å². The Morgan fingerprint density at radius 3 is 2.53 bits per heavy atom. The number of methoxy groups -OCH3 is 1. The first-order valence-corrected chi connectivity index (χ1v) is 11.4. The molecule has 5 rings (SSSR count). The molecule has 1 N–H and O–H groups in total. The molecule has 36 heavy (non-hydrogen) atoms. The summed E-state index contributed by atoms with van der Waals surface area (Å²) in [5.41, 5.74) is 4.28. The Labute approximate surface area is 207 Å². The number of benzene rings is 1. The highest BCUT2D eigenvalue weighted by molar-refractivity contribution is 6.45. The van der Waals surface area contributed by atoms with Crippen LogP contribution in [0.1, 0.15) is 28.8 Å². The zero-order valence-corrected chi connectivity index (χ0v) is 19.6. The van der Waals surface area contributed by atoms with E-state index in [1.54, 1.807) is 23.5 Å². The number of aromatic nitrogens is 4. The van der Waals surface area contributed by atoms with E-state index in [1.807, 2.05) is 30.3 Å². The zero-order valence-electron chi connectivity index (χ0n) is 19.6. The molecule has 3 aromatic heterocycles. The number of allylic oxidation sites excluding steroid dienone is 1. The topological polar surface area (TPSA) is 125 Å².